The highest BCUT2D eigenvalue weighted by atomic mass is 16.3. The molecule has 0 bridgehead atoms. The van der Waals surface area contributed by atoms with E-state index in [1.807, 2.05) is 13.8 Å². The van der Waals surface area contributed by atoms with Gasteiger partial charge in [-0.25, -0.2) is 4.98 Å². The molecule has 15 heavy (non-hydrogen) atoms. The van der Waals surface area contributed by atoms with E-state index in [1.165, 1.54) is 0 Å². The van der Waals surface area contributed by atoms with Crippen molar-refractivity contribution < 1.29 is 10.2 Å². The fourth-order valence-corrected chi connectivity index (χ4v) is 0.964. The first-order valence-corrected chi connectivity index (χ1v) is 4.82. The minimum absolute atomic E-state index is 0.237. The second-order valence-electron chi connectivity index (χ2n) is 3.93. The number of aromatic nitrogens is 2. The molecule has 0 amide bonds. The van der Waals surface area contributed by atoms with Gasteiger partial charge in [-0.15, -0.1) is 0 Å². The highest BCUT2D eigenvalue weighted by Crippen LogP contribution is 2.08. The molecule has 0 spiro atoms. The van der Waals surface area contributed by atoms with Crippen LogP contribution in [-0.2, 0) is 0 Å². The van der Waals surface area contributed by atoms with Crippen molar-refractivity contribution in [1.82, 2.24) is 9.97 Å². The summed E-state index contributed by atoms with van der Waals surface area (Å²) in [4.78, 5) is 8.38. The fourth-order valence-electron chi connectivity index (χ4n) is 0.964. The molecule has 1 aromatic rings. The molecule has 5 nitrogen and oxygen atoms in total. The van der Waals surface area contributed by atoms with E-state index in [1.54, 1.807) is 13.1 Å². The van der Waals surface area contributed by atoms with Gasteiger partial charge in [-0.05, 0) is 20.8 Å². The standard InChI is InChI=1S/C10H17N3O2/c1-7-8(2)13-9(4-11-7)12-5-10(3,15)6-14/h4,14-15H,5-6H2,1-3H3,(H,12,13). The predicted molar refractivity (Wildman–Crippen MR) is 57.7 cm³/mol. The van der Waals surface area contributed by atoms with Gasteiger partial charge < -0.3 is 15.5 Å². The van der Waals surface area contributed by atoms with Crippen molar-refractivity contribution in [3.63, 3.8) is 0 Å². The zero-order valence-electron chi connectivity index (χ0n) is 9.28. The van der Waals surface area contributed by atoms with E-state index < -0.39 is 5.60 Å². The Bertz CT molecular complexity index is 339. The van der Waals surface area contributed by atoms with E-state index in [-0.39, 0.29) is 13.2 Å². The largest absolute Gasteiger partial charge is 0.393 e. The Morgan fingerprint density at radius 3 is 2.60 bits per heavy atom. The second kappa shape index (κ2) is 4.55. The Labute approximate surface area is 89.2 Å². The predicted octanol–water partition coefficient (Wildman–Crippen LogP) is 0.249. The Balaban J connectivity index is 2.62. The number of aryl methyl sites for hydroxylation is 2. The topological polar surface area (TPSA) is 78.3 Å². The maximum Gasteiger partial charge on any atom is 0.144 e. The normalized spacial score (nSPS) is 14.7. The molecule has 0 saturated carbocycles. The van der Waals surface area contributed by atoms with Crippen LogP contribution in [0.25, 0.3) is 0 Å². The molecule has 1 aromatic heterocycles. The summed E-state index contributed by atoms with van der Waals surface area (Å²) in [6.07, 6.45) is 1.61. The zero-order chi connectivity index (χ0) is 11.5. The first kappa shape index (κ1) is 11.9. The van der Waals surface area contributed by atoms with Gasteiger partial charge in [-0.3, -0.25) is 4.98 Å². The molecule has 0 fully saturated rings. The lowest BCUT2D eigenvalue weighted by molar-refractivity contribution is 0.0131. The Hall–Kier alpha value is -1.20. The van der Waals surface area contributed by atoms with Gasteiger partial charge in [0.05, 0.1) is 24.2 Å². The van der Waals surface area contributed by atoms with Crippen molar-refractivity contribution in [3.8, 4) is 0 Å². The van der Waals surface area contributed by atoms with Crippen LogP contribution >= 0.6 is 0 Å². The number of rotatable bonds is 4. The SMILES string of the molecule is Cc1ncc(NCC(C)(O)CO)nc1C. The summed E-state index contributed by atoms with van der Waals surface area (Å²) < 4.78 is 0. The fraction of sp³-hybridized carbons (Fsp3) is 0.600. The van der Waals surface area contributed by atoms with Crippen molar-refractivity contribution >= 4 is 5.82 Å². The lowest BCUT2D eigenvalue weighted by atomic mass is 10.1. The van der Waals surface area contributed by atoms with Crippen LogP contribution in [0.4, 0.5) is 5.82 Å². The summed E-state index contributed by atoms with van der Waals surface area (Å²) in [6, 6.07) is 0. The van der Waals surface area contributed by atoms with E-state index in [9.17, 15) is 5.11 Å². The average molecular weight is 211 g/mol. The van der Waals surface area contributed by atoms with E-state index >= 15 is 0 Å². The third-order valence-corrected chi connectivity index (χ3v) is 2.18. The van der Waals surface area contributed by atoms with Gasteiger partial charge >= 0.3 is 0 Å². The van der Waals surface area contributed by atoms with Crippen molar-refractivity contribution in [2.45, 2.75) is 26.4 Å². The number of nitrogens with zero attached hydrogens (tertiary/aromatic N) is 2. The quantitative estimate of drug-likeness (QED) is 0.665. The summed E-state index contributed by atoms with van der Waals surface area (Å²) in [5.74, 6) is 0.604. The Kier molecular flexibility index (Phi) is 3.60. The van der Waals surface area contributed by atoms with Crippen LogP contribution in [0.2, 0.25) is 0 Å². The van der Waals surface area contributed by atoms with Crippen LogP contribution < -0.4 is 5.32 Å². The molecule has 3 N–H and O–H groups in total. The highest BCUT2D eigenvalue weighted by Gasteiger charge is 2.18. The Morgan fingerprint density at radius 2 is 2.07 bits per heavy atom. The monoisotopic (exact) mass is 211 g/mol. The van der Waals surface area contributed by atoms with Gasteiger partial charge in [0, 0.05) is 6.54 Å². The minimum Gasteiger partial charge on any atom is -0.393 e. The van der Waals surface area contributed by atoms with E-state index in [0.29, 0.717) is 5.82 Å². The van der Waals surface area contributed by atoms with Crippen molar-refractivity contribution in [1.29, 1.82) is 0 Å². The van der Waals surface area contributed by atoms with Gasteiger partial charge in [-0.1, -0.05) is 0 Å². The Morgan fingerprint density at radius 1 is 1.40 bits per heavy atom. The van der Waals surface area contributed by atoms with Gasteiger partial charge in [0.15, 0.2) is 0 Å². The first-order chi connectivity index (χ1) is 6.94. The molecule has 1 rings (SSSR count). The van der Waals surface area contributed by atoms with E-state index in [4.69, 9.17) is 5.11 Å². The molecular weight excluding hydrogens is 194 g/mol. The molecule has 84 valence electrons. The summed E-state index contributed by atoms with van der Waals surface area (Å²) >= 11 is 0. The molecule has 0 aliphatic rings. The molecule has 1 unspecified atom stereocenters. The molecular formula is C10H17N3O2. The average Bonchev–Trinajstić information content (AvgIpc) is 2.20. The number of hydrogen-bond donors (Lipinski definition) is 3. The maximum absolute atomic E-state index is 9.55. The van der Waals surface area contributed by atoms with Crippen LogP contribution in [0, 0.1) is 13.8 Å². The molecule has 0 saturated heterocycles. The van der Waals surface area contributed by atoms with Crippen molar-refractivity contribution in [2.75, 3.05) is 18.5 Å². The zero-order valence-corrected chi connectivity index (χ0v) is 9.28. The molecule has 0 aliphatic heterocycles. The first-order valence-electron chi connectivity index (χ1n) is 4.82. The van der Waals surface area contributed by atoms with Crippen LogP contribution in [0.3, 0.4) is 0 Å². The number of hydrogen-bond acceptors (Lipinski definition) is 5. The van der Waals surface area contributed by atoms with Gasteiger partial charge in [0.25, 0.3) is 0 Å². The summed E-state index contributed by atoms with van der Waals surface area (Å²) in [5.41, 5.74) is 0.596. The minimum atomic E-state index is -1.14. The molecule has 1 atom stereocenters. The second-order valence-corrected chi connectivity index (χ2v) is 3.93. The number of nitrogens with one attached hydrogen (secondary N) is 1. The summed E-state index contributed by atoms with van der Waals surface area (Å²) in [7, 11) is 0. The van der Waals surface area contributed by atoms with Crippen LogP contribution in [0.15, 0.2) is 6.20 Å². The molecule has 0 radical (unpaired) electrons. The van der Waals surface area contributed by atoms with Crippen molar-refractivity contribution in [3.05, 3.63) is 17.6 Å². The number of aliphatic hydroxyl groups is 2. The van der Waals surface area contributed by atoms with E-state index in [0.717, 1.165) is 11.4 Å². The maximum atomic E-state index is 9.55. The lowest BCUT2D eigenvalue weighted by Gasteiger charge is -2.20. The van der Waals surface area contributed by atoms with Crippen molar-refractivity contribution in [2.24, 2.45) is 0 Å². The number of aliphatic hydroxyl groups excluding tert-OH is 1. The molecule has 0 aromatic carbocycles. The highest BCUT2D eigenvalue weighted by molar-refractivity contribution is 5.33. The summed E-state index contributed by atoms with van der Waals surface area (Å²) in [5, 5.41) is 21.3. The van der Waals surface area contributed by atoms with Crippen LogP contribution in [0.5, 0.6) is 0 Å². The lowest BCUT2D eigenvalue weighted by Crippen LogP contribution is -2.37. The smallest absolute Gasteiger partial charge is 0.144 e. The van der Waals surface area contributed by atoms with Crippen LogP contribution in [-0.4, -0.2) is 38.9 Å². The molecule has 5 heteroatoms. The van der Waals surface area contributed by atoms with Gasteiger partial charge in [0.1, 0.15) is 11.4 Å². The molecule has 1 heterocycles. The third kappa shape index (κ3) is 3.45. The van der Waals surface area contributed by atoms with Gasteiger partial charge in [0.2, 0.25) is 0 Å². The van der Waals surface area contributed by atoms with Crippen LogP contribution in [0.1, 0.15) is 18.3 Å². The summed E-state index contributed by atoms with van der Waals surface area (Å²) in [6.45, 7) is 5.25. The van der Waals surface area contributed by atoms with E-state index in [2.05, 4.69) is 15.3 Å². The molecule has 0 aliphatic carbocycles. The third-order valence-electron chi connectivity index (χ3n) is 2.18. The van der Waals surface area contributed by atoms with Gasteiger partial charge in [-0.2, -0.15) is 0 Å². The number of anilines is 1.